The molecule has 1 saturated heterocycles. The lowest BCUT2D eigenvalue weighted by atomic mass is 10.4. The van der Waals surface area contributed by atoms with Gasteiger partial charge in [-0.1, -0.05) is 0 Å². The van der Waals surface area contributed by atoms with Crippen LogP contribution in [0.4, 0.5) is 5.95 Å². The third-order valence-corrected chi connectivity index (χ3v) is 2.95. The minimum atomic E-state index is -1.46. The molecule has 2 rings (SSSR count). The molecule has 0 aliphatic carbocycles. The summed E-state index contributed by atoms with van der Waals surface area (Å²) in [5.41, 5.74) is 0.756. The Kier molecular flexibility index (Phi) is 3.24. The van der Waals surface area contributed by atoms with Gasteiger partial charge in [0.05, 0.1) is 25.5 Å². The van der Waals surface area contributed by atoms with Crippen LogP contribution in [0.25, 0.3) is 0 Å². The van der Waals surface area contributed by atoms with Crippen molar-refractivity contribution in [2.24, 2.45) is 0 Å². The molecule has 0 saturated carbocycles. The summed E-state index contributed by atoms with van der Waals surface area (Å²) in [6.07, 6.45) is 1.62. The van der Waals surface area contributed by atoms with Crippen LogP contribution in [0.2, 0.25) is 0 Å². The molecule has 1 unspecified atom stereocenters. The van der Waals surface area contributed by atoms with Crippen molar-refractivity contribution < 1.29 is 13.1 Å². The van der Waals surface area contributed by atoms with Gasteiger partial charge in [-0.05, 0) is 6.07 Å². The molecule has 0 N–H and O–H groups in total. The van der Waals surface area contributed by atoms with Crippen molar-refractivity contribution >= 4 is 17.2 Å². The first-order chi connectivity index (χ1) is 7.31. The van der Waals surface area contributed by atoms with Crippen molar-refractivity contribution in [3.63, 3.8) is 0 Å². The van der Waals surface area contributed by atoms with E-state index in [1.807, 2.05) is 0 Å². The molecule has 1 fully saturated rings. The molecule has 0 amide bonds. The van der Waals surface area contributed by atoms with E-state index in [0.29, 0.717) is 25.7 Å². The molecule has 0 spiro atoms. The zero-order valence-electron chi connectivity index (χ0n) is 8.25. The molecule has 7 heteroatoms. The summed E-state index contributed by atoms with van der Waals surface area (Å²) >= 11 is -1.46. The summed E-state index contributed by atoms with van der Waals surface area (Å²) in [5.74, 6) is 0.417. The zero-order chi connectivity index (χ0) is 10.7. The van der Waals surface area contributed by atoms with Gasteiger partial charge in [-0.25, -0.2) is 18.5 Å². The van der Waals surface area contributed by atoms with Crippen LogP contribution >= 0.6 is 0 Å². The highest BCUT2D eigenvalue weighted by Gasteiger charge is 2.24. The van der Waals surface area contributed by atoms with Crippen LogP contribution < -0.4 is 4.31 Å². The van der Waals surface area contributed by atoms with E-state index in [-0.39, 0.29) is 0 Å². The monoisotopic (exact) mass is 229 g/mol. The molecule has 0 bridgehead atoms. The Morgan fingerprint density at radius 3 is 3.27 bits per heavy atom. The molecule has 0 aromatic carbocycles. The predicted molar refractivity (Wildman–Crippen MR) is 54.2 cm³/mol. The third kappa shape index (κ3) is 2.31. The number of aromatic nitrogens is 2. The summed E-state index contributed by atoms with van der Waals surface area (Å²) in [7, 11) is 1.60. The number of anilines is 1. The van der Waals surface area contributed by atoms with Crippen LogP contribution in [0.3, 0.4) is 0 Å². The maximum Gasteiger partial charge on any atom is 0.267 e. The molecular formula is C8H11N3O3S. The lowest BCUT2D eigenvalue weighted by Crippen LogP contribution is -2.22. The van der Waals surface area contributed by atoms with E-state index in [1.165, 1.54) is 4.31 Å². The average Bonchev–Trinajstić information content (AvgIpc) is 2.65. The standard InChI is InChI=1S/C8H11N3O3S/c1-13-6-7-2-3-9-8(10-7)11-4-5-14-15(11)12/h2-3H,4-6H2,1H3. The smallest absolute Gasteiger partial charge is 0.267 e. The van der Waals surface area contributed by atoms with E-state index in [9.17, 15) is 4.21 Å². The van der Waals surface area contributed by atoms with E-state index >= 15 is 0 Å². The summed E-state index contributed by atoms with van der Waals surface area (Å²) in [6, 6.07) is 1.76. The summed E-state index contributed by atoms with van der Waals surface area (Å²) in [6.45, 7) is 1.39. The minimum Gasteiger partial charge on any atom is -0.378 e. The maximum atomic E-state index is 11.3. The molecule has 6 nitrogen and oxygen atoms in total. The average molecular weight is 229 g/mol. The lowest BCUT2D eigenvalue weighted by Gasteiger charge is -2.11. The first-order valence-electron chi connectivity index (χ1n) is 4.45. The maximum absolute atomic E-state index is 11.3. The Bertz CT molecular complexity index is 374. The van der Waals surface area contributed by atoms with Gasteiger partial charge in [-0.2, -0.15) is 0 Å². The van der Waals surface area contributed by atoms with Gasteiger partial charge in [-0.3, -0.25) is 4.18 Å². The molecule has 15 heavy (non-hydrogen) atoms. The second-order valence-corrected chi connectivity index (χ2v) is 4.03. The predicted octanol–water partition coefficient (Wildman–Crippen LogP) is 0.0383. The van der Waals surface area contributed by atoms with E-state index in [0.717, 1.165) is 5.69 Å². The fourth-order valence-corrected chi connectivity index (χ4v) is 2.02. The van der Waals surface area contributed by atoms with Gasteiger partial charge in [0, 0.05) is 13.3 Å². The molecule has 1 aliphatic rings. The lowest BCUT2D eigenvalue weighted by molar-refractivity contribution is 0.181. The molecule has 0 radical (unpaired) electrons. The fraction of sp³-hybridized carbons (Fsp3) is 0.500. The van der Waals surface area contributed by atoms with Gasteiger partial charge < -0.3 is 4.74 Å². The highest BCUT2D eigenvalue weighted by atomic mass is 32.2. The molecule has 1 atom stereocenters. The molecule has 2 heterocycles. The molecule has 1 aromatic heterocycles. The highest BCUT2D eigenvalue weighted by Crippen LogP contribution is 2.15. The van der Waals surface area contributed by atoms with Crippen molar-refractivity contribution in [2.75, 3.05) is 24.6 Å². The van der Waals surface area contributed by atoms with Crippen molar-refractivity contribution in [3.8, 4) is 0 Å². The van der Waals surface area contributed by atoms with Crippen molar-refractivity contribution in [1.29, 1.82) is 0 Å². The van der Waals surface area contributed by atoms with Gasteiger partial charge in [0.25, 0.3) is 11.3 Å². The quantitative estimate of drug-likeness (QED) is 0.732. The van der Waals surface area contributed by atoms with E-state index in [1.54, 1.807) is 19.4 Å². The van der Waals surface area contributed by atoms with Gasteiger partial charge in [0.15, 0.2) is 0 Å². The molecule has 82 valence electrons. The van der Waals surface area contributed by atoms with E-state index in [2.05, 4.69) is 9.97 Å². The number of ether oxygens (including phenoxy) is 1. The van der Waals surface area contributed by atoms with Gasteiger partial charge >= 0.3 is 0 Å². The SMILES string of the molecule is COCc1ccnc(N2CCOS2=O)n1. The largest absolute Gasteiger partial charge is 0.378 e. The van der Waals surface area contributed by atoms with Gasteiger partial charge in [-0.15, -0.1) is 0 Å². The van der Waals surface area contributed by atoms with E-state index in [4.69, 9.17) is 8.92 Å². The number of methoxy groups -OCH3 is 1. The first kappa shape index (κ1) is 10.5. The summed E-state index contributed by atoms with van der Waals surface area (Å²) < 4.78 is 22.7. The Balaban J connectivity index is 2.20. The van der Waals surface area contributed by atoms with Gasteiger partial charge in [0.1, 0.15) is 0 Å². The molecular weight excluding hydrogens is 218 g/mol. The minimum absolute atomic E-state index is 0.414. The van der Waals surface area contributed by atoms with Crippen LogP contribution in [-0.2, 0) is 26.8 Å². The Morgan fingerprint density at radius 1 is 1.73 bits per heavy atom. The second-order valence-electron chi connectivity index (χ2n) is 2.92. The van der Waals surface area contributed by atoms with Crippen LogP contribution in [0.5, 0.6) is 0 Å². The van der Waals surface area contributed by atoms with Crippen LogP contribution in [0.15, 0.2) is 12.3 Å². The third-order valence-electron chi connectivity index (χ3n) is 1.87. The summed E-state index contributed by atoms with van der Waals surface area (Å²) in [5, 5.41) is 0. The van der Waals surface area contributed by atoms with Crippen LogP contribution in [0.1, 0.15) is 5.69 Å². The van der Waals surface area contributed by atoms with Crippen molar-refractivity contribution in [3.05, 3.63) is 18.0 Å². The Hall–Kier alpha value is -1.05. The first-order valence-corrected chi connectivity index (χ1v) is 5.48. The van der Waals surface area contributed by atoms with Crippen LogP contribution in [0, 0.1) is 0 Å². The van der Waals surface area contributed by atoms with Gasteiger partial charge in [0.2, 0.25) is 5.95 Å². The second kappa shape index (κ2) is 4.65. The van der Waals surface area contributed by atoms with Crippen molar-refractivity contribution in [1.82, 2.24) is 9.97 Å². The Morgan fingerprint density at radius 2 is 2.60 bits per heavy atom. The Labute approximate surface area is 90.0 Å². The van der Waals surface area contributed by atoms with Crippen LogP contribution in [-0.4, -0.2) is 34.4 Å². The number of hydrogen-bond acceptors (Lipinski definition) is 5. The molecule has 1 aliphatic heterocycles. The van der Waals surface area contributed by atoms with Crippen molar-refractivity contribution in [2.45, 2.75) is 6.61 Å². The zero-order valence-corrected chi connectivity index (χ0v) is 9.07. The number of rotatable bonds is 3. The topological polar surface area (TPSA) is 64.6 Å². The number of hydrogen-bond donors (Lipinski definition) is 0. The van der Waals surface area contributed by atoms with E-state index < -0.39 is 11.3 Å². The molecule has 1 aromatic rings. The highest BCUT2D eigenvalue weighted by molar-refractivity contribution is 7.81. The fourth-order valence-electron chi connectivity index (χ4n) is 1.23. The normalized spacial score (nSPS) is 20.9. The summed E-state index contributed by atoms with van der Waals surface area (Å²) in [4.78, 5) is 8.25. The number of nitrogens with zero attached hydrogens (tertiary/aromatic N) is 3.